The lowest BCUT2D eigenvalue weighted by atomic mass is 9.98. The molecule has 0 saturated carbocycles. The third-order valence-corrected chi connectivity index (χ3v) is 6.69. The van der Waals surface area contributed by atoms with Crippen LogP contribution in [0.15, 0.2) is 95.9 Å². The molecule has 3 N–H and O–H groups in total. The van der Waals surface area contributed by atoms with Gasteiger partial charge in [-0.1, -0.05) is 30.3 Å². The standard InChI is InChI=1S/C26H18F4N2O4S/c27-18-9-12-20(13-10-18)37(35,36)32-23-15-19(11-14-24(23)33)31-25(34)17-7-5-16(6-8-17)21-3-1-2-4-22(21)26(28,29)30/h1-15,32-33H,(H,31,34). The van der Waals surface area contributed by atoms with Gasteiger partial charge in [0.1, 0.15) is 11.6 Å². The zero-order valence-corrected chi connectivity index (χ0v) is 19.6. The number of aromatic hydroxyl groups is 1. The Hall–Kier alpha value is -4.38. The van der Waals surface area contributed by atoms with Crippen molar-refractivity contribution < 1.29 is 35.9 Å². The van der Waals surface area contributed by atoms with Crippen LogP contribution in [0.5, 0.6) is 5.75 Å². The number of phenols is 1. The molecule has 0 fully saturated rings. The van der Waals surface area contributed by atoms with E-state index in [0.717, 1.165) is 36.4 Å². The van der Waals surface area contributed by atoms with Crippen LogP contribution in [-0.2, 0) is 16.2 Å². The Morgan fingerprint density at radius 1 is 0.838 bits per heavy atom. The number of phenolic OH excluding ortho intramolecular Hbond substituents is 1. The second-order valence-electron chi connectivity index (χ2n) is 7.87. The van der Waals surface area contributed by atoms with Gasteiger partial charge in [-0.3, -0.25) is 9.52 Å². The van der Waals surface area contributed by atoms with Gasteiger partial charge in [0, 0.05) is 11.3 Å². The van der Waals surface area contributed by atoms with Crippen molar-refractivity contribution in [3.05, 3.63) is 108 Å². The maximum Gasteiger partial charge on any atom is 0.417 e. The normalized spacial score (nSPS) is 11.7. The van der Waals surface area contributed by atoms with E-state index < -0.39 is 39.2 Å². The molecule has 1 amide bonds. The van der Waals surface area contributed by atoms with Gasteiger partial charge in [-0.2, -0.15) is 13.2 Å². The molecular formula is C26H18F4N2O4S. The number of amides is 1. The van der Waals surface area contributed by atoms with Crippen LogP contribution in [0, 0.1) is 5.82 Å². The minimum atomic E-state index is -4.54. The van der Waals surface area contributed by atoms with Crippen LogP contribution in [-0.4, -0.2) is 19.4 Å². The van der Waals surface area contributed by atoms with Gasteiger partial charge >= 0.3 is 6.18 Å². The Morgan fingerprint density at radius 2 is 1.49 bits per heavy atom. The molecule has 0 atom stereocenters. The Kier molecular flexibility index (Phi) is 6.90. The van der Waals surface area contributed by atoms with Gasteiger partial charge in [-0.05, 0) is 71.8 Å². The van der Waals surface area contributed by atoms with E-state index >= 15 is 0 Å². The highest BCUT2D eigenvalue weighted by Gasteiger charge is 2.33. The zero-order valence-electron chi connectivity index (χ0n) is 18.8. The molecule has 0 aliphatic rings. The summed E-state index contributed by atoms with van der Waals surface area (Å²) in [6.45, 7) is 0. The van der Waals surface area contributed by atoms with Gasteiger partial charge in [0.25, 0.3) is 15.9 Å². The maximum atomic E-state index is 13.3. The predicted octanol–water partition coefficient (Wildman–Crippen LogP) is 6.27. The molecule has 0 aliphatic heterocycles. The molecular weight excluding hydrogens is 512 g/mol. The number of alkyl halides is 3. The number of hydrogen-bond acceptors (Lipinski definition) is 4. The summed E-state index contributed by atoms with van der Waals surface area (Å²) in [6, 6.07) is 18.3. The van der Waals surface area contributed by atoms with E-state index in [4.69, 9.17) is 0 Å². The number of nitrogens with one attached hydrogen (secondary N) is 2. The first-order valence-electron chi connectivity index (χ1n) is 10.6. The van der Waals surface area contributed by atoms with Crippen LogP contribution in [0.4, 0.5) is 28.9 Å². The second kappa shape index (κ2) is 9.94. The number of benzene rings is 4. The first-order valence-corrected chi connectivity index (χ1v) is 12.1. The maximum absolute atomic E-state index is 13.3. The third kappa shape index (κ3) is 5.89. The van der Waals surface area contributed by atoms with Crippen molar-refractivity contribution in [2.24, 2.45) is 0 Å². The number of anilines is 2. The highest BCUT2D eigenvalue weighted by Crippen LogP contribution is 2.37. The van der Waals surface area contributed by atoms with Crippen LogP contribution < -0.4 is 10.0 Å². The van der Waals surface area contributed by atoms with Gasteiger partial charge in [0.05, 0.1) is 16.1 Å². The summed E-state index contributed by atoms with van der Waals surface area (Å²) < 4.78 is 80.4. The average molecular weight is 530 g/mol. The van der Waals surface area contributed by atoms with Crippen molar-refractivity contribution in [2.75, 3.05) is 10.0 Å². The van der Waals surface area contributed by atoms with E-state index in [-0.39, 0.29) is 33.0 Å². The molecule has 4 aromatic rings. The molecule has 0 bridgehead atoms. The van der Waals surface area contributed by atoms with E-state index in [1.54, 1.807) is 0 Å². The van der Waals surface area contributed by atoms with E-state index in [1.807, 2.05) is 0 Å². The van der Waals surface area contributed by atoms with Crippen LogP contribution in [0.2, 0.25) is 0 Å². The third-order valence-electron chi connectivity index (χ3n) is 5.31. The second-order valence-corrected chi connectivity index (χ2v) is 9.55. The van der Waals surface area contributed by atoms with Gasteiger partial charge in [0.15, 0.2) is 0 Å². The van der Waals surface area contributed by atoms with Crippen LogP contribution >= 0.6 is 0 Å². The van der Waals surface area contributed by atoms with Crippen molar-refractivity contribution in [3.8, 4) is 16.9 Å². The van der Waals surface area contributed by atoms with Crippen molar-refractivity contribution in [3.63, 3.8) is 0 Å². The van der Waals surface area contributed by atoms with E-state index in [1.165, 1.54) is 54.6 Å². The fourth-order valence-corrected chi connectivity index (χ4v) is 4.56. The lowest BCUT2D eigenvalue weighted by Crippen LogP contribution is -2.14. The summed E-state index contributed by atoms with van der Waals surface area (Å²) in [4.78, 5) is 12.5. The molecule has 37 heavy (non-hydrogen) atoms. The van der Waals surface area contributed by atoms with Crippen LogP contribution in [0.25, 0.3) is 11.1 Å². The molecule has 0 spiro atoms. The SMILES string of the molecule is O=C(Nc1ccc(O)c(NS(=O)(=O)c2ccc(F)cc2)c1)c1ccc(-c2ccccc2C(F)(F)F)cc1. The molecule has 0 saturated heterocycles. The number of carbonyl (C=O) groups excluding carboxylic acids is 1. The fourth-order valence-electron chi connectivity index (χ4n) is 3.50. The largest absolute Gasteiger partial charge is 0.506 e. The topological polar surface area (TPSA) is 95.5 Å². The quantitative estimate of drug-likeness (QED) is 0.156. The van der Waals surface area contributed by atoms with Gasteiger partial charge in [-0.25, -0.2) is 12.8 Å². The lowest BCUT2D eigenvalue weighted by molar-refractivity contribution is -0.137. The number of hydrogen-bond donors (Lipinski definition) is 3. The highest BCUT2D eigenvalue weighted by molar-refractivity contribution is 7.92. The summed E-state index contributed by atoms with van der Waals surface area (Å²) in [7, 11) is -4.16. The molecule has 0 radical (unpaired) electrons. The Bertz CT molecular complexity index is 1550. The first-order chi connectivity index (χ1) is 17.4. The molecule has 0 aromatic heterocycles. The molecule has 4 aromatic carbocycles. The van der Waals surface area contributed by atoms with Gasteiger partial charge in [0.2, 0.25) is 0 Å². The molecule has 4 rings (SSSR count). The molecule has 0 aliphatic carbocycles. The summed E-state index contributed by atoms with van der Waals surface area (Å²) in [6.07, 6.45) is -4.54. The monoisotopic (exact) mass is 530 g/mol. The lowest BCUT2D eigenvalue weighted by Gasteiger charge is -2.14. The minimum Gasteiger partial charge on any atom is -0.506 e. The predicted molar refractivity (Wildman–Crippen MR) is 130 cm³/mol. The molecule has 0 heterocycles. The summed E-state index contributed by atoms with van der Waals surface area (Å²) in [5, 5.41) is 12.6. The average Bonchev–Trinajstić information content (AvgIpc) is 2.86. The highest BCUT2D eigenvalue weighted by atomic mass is 32.2. The number of sulfonamides is 1. The van der Waals surface area contributed by atoms with Gasteiger partial charge in [-0.15, -0.1) is 0 Å². The van der Waals surface area contributed by atoms with E-state index in [9.17, 15) is 35.9 Å². The van der Waals surface area contributed by atoms with E-state index in [0.29, 0.717) is 0 Å². The number of carbonyl (C=O) groups is 1. The summed E-state index contributed by atoms with van der Waals surface area (Å²) >= 11 is 0. The molecule has 0 unspecified atom stereocenters. The van der Waals surface area contributed by atoms with Crippen molar-refractivity contribution in [1.29, 1.82) is 0 Å². The summed E-state index contributed by atoms with van der Waals surface area (Å²) in [5.41, 5.74) is -0.529. The van der Waals surface area contributed by atoms with Crippen LogP contribution in [0.3, 0.4) is 0 Å². The number of rotatable bonds is 6. The zero-order chi connectivity index (χ0) is 26.8. The summed E-state index contributed by atoms with van der Waals surface area (Å²) in [5.74, 6) is -1.66. The minimum absolute atomic E-state index is 0.0291. The van der Waals surface area contributed by atoms with Crippen molar-refractivity contribution in [1.82, 2.24) is 0 Å². The van der Waals surface area contributed by atoms with Crippen molar-refractivity contribution in [2.45, 2.75) is 11.1 Å². The molecule has 190 valence electrons. The molecule has 11 heteroatoms. The van der Waals surface area contributed by atoms with Crippen LogP contribution in [0.1, 0.15) is 15.9 Å². The Balaban J connectivity index is 1.52. The Labute approximate surface area is 209 Å². The fraction of sp³-hybridized carbons (Fsp3) is 0.0385. The van der Waals surface area contributed by atoms with E-state index in [2.05, 4.69) is 10.0 Å². The first kappa shape index (κ1) is 25.7. The molecule has 6 nitrogen and oxygen atoms in total. The van der Waals surface area contributed by atoms with Crippen molar-refractivity contribution >= 4 is 27.3 Å². The number of halogens is 4. The Morgan fingerprint density at radius 3 is 2.14 bits per heavy atom. The smallest absolute Gasteiger partial charge is 0.417 e. The van der Waals surface area contributed by atoms with Gasteiger partial charge < -0.3 is 10.4 Å².